The first-order valence-electron chi connectivity index (χ1n) is 3.93. The van der Waals surface area contributed by atoms with Gasteiger partial charge in [-0.2, -0.15) is 0 Å². The van der Waals surface area contributed by atoms with Crippen molar-refractivity contribution in [2.45, 2.75) is 0 Å². The first kappa shape index (κ1) is 15.2. The molecule has 0 spiro atoms. The smallest absolute Gasteiger partial charge is 0.401 e. The number of carbonyl (C=O) groups is 3. The molecule has 1 rings (SSSR count). The van der Waals surface area contributed by atoms with E-state index in [2.05, 4.69) is 15.9 Å². The van der Waals surface area contributed by atoms with Crippen LogP contribution in [0.25, 0.3) is 0 Å². The average Bonchev–Trinajstić information content (AvgIpc) is 2.27. The van der Waals surface area contributed by atoms with Gasteiger partial charge in [-0.1, -0.05) is 0 Å². The molecule has 6 nitrogen and oxygen atoms in total. The molecule has 8 heteroatoms. The number of rotatable bonds is 2. The van der Waals surface area contributed by atoms with Crippen LogP contribution in [0.2, 0.25) is 0 Å². The number of benzene rings is 1. The molecular formula is C9H6Cl2O6. The molecule has 1 aromatic carbocycles. The highest BCUT2D eigenvalue weighted by molar-refractivity contribution is 6.60. The Labute approximate surface area is 105 Å². The lowest BCUT2D eigenvalue weighted by Crippen LogP contribution is -2.00. The molecule has 0 aliphatic rings. The van der Waals surface area contributed by atoms with Crippen LogP contribution in [0, 0.1) is 0 Å². The summed E-state index contributed by atoms with van der Waals surface area (Å²) < 4.78 is 3.92. The molecule has 1 aromatic rings. The molecule has 2 N–H and O–H groups in total. The van der Waals surface area contributed by atoms with Gasteiger partial charge < -0.3 is 14.5 Å². The number of carboxylic acids is 1. The van der Waals surface area contributed by atoms with E-state index in [9.17, 15) is 9.59 Å². The lowest BCUT2D eigenvalue weighted by molar-refractivity contribution is 0.0693. The van der Waals surface area contributed by atoms with Crippen LogP contribution in [-0.2, 0) is 4.29 Å². The summed E-state index contributed by atoms with van der Waals surface area (Å²) in [6.07, 6.45) is 0. The first-order valence-corrected chi connectivity index (χ1v) is 4.61. The second-order valence-corrected chi connectivity index (χ2v) is 2.98. The van der Waals surface area contributed by atoms with Gasteiger partial charge in [-0.05, 0) is 24.3 Å². The van der Waals surface area contributed by atoms with Crippen LogP contribution in [0.15, 0.2) is 24.3 Å². The van der Waals surface area contributed by atoms with Crippen LogP contribution < -0.4 is 0 Å². The van der Waals surface area contributed by atoms with E-state index in [1.54, 1.807) is 0 Å². The number of carboxylic acid groups (broad SMARTS) is 2. The Morgan fingerprint density at radius 2 is 1.35 bits per heavy atom. The fraction of sp³-hybridized carbons (Fsp3) is 0. The minimum Gasteiger partial charge on any atom is -0.478 e. The van der Waals surface area contributed by atoms with Crippen molar-refractivity contribution < 1.29 is 28.9 Å². The summed E-state index contributed by atoms with van der Waals surface area (Å²) in [6.45, 7) is 0. The highest BCUT2D eigenvalue weighted by atomic mass is 35.5. The zero-order valence-electron chi connectivity index (χ0n) is 8.09. The number of carbonyl (C=O) groups excluding carboxylic acids is 1. The Morgan fingerprint density at radius 1 is 1.00 bits per heavy atom. The van der Waals surface area contributed by atoms with Crippen LogP contribution in [0.3, 0.4) is 0 Å². The summed E-state index contributed by atoms with van der Waals surface area (Å²) >= 11 is 9.01. The SMILES string of the molecule is O=C(O)Cl.O=C(O)c1ccc(C(=O)OCl)cc1. The maximum absolute atomic E-state index is 10.8. The molecule has 0 amide bonds. The molecular weight excluding hydrogens is 275 g/mol. The third kappa shape index (κ3) is 6.39. The van der Waals surface area contributed by atoms with E-state index >= 15 is 0 Å². The van der Waals surface area contributed by atoms with Gasteiger partial charge in [-0.25, -0.2) is 14.4 Å². The van der Waals surface area contributed by atoms with E-state index in [0.29, 0.717) is 0 Å². The summed E-state index contributed by atoms with van der Waals surface area (Å²) in [5.74, 6) is -1.76. The van der Waals surface area contributed by atoms with Crippen molar-refractivity contribution >= 4 is 40.8 Å². The van der Waals surface area contributed by atoms with Crippen LogP contribution in [0.5, 0.6) is 0 Å². The molecule has 0 aromatic heterocycles. The highest BCUT2D eigenvalue weighted by Gasteiger charge is 2.07. The predicted octanol–water partition coefficient (Wildman–Crippen LogP) is 2.60. The van der Waals surface area contributed by atoms with Crippen molar-refractivity contribution in [2.24, 2.45) is 0 Å². The van der Waals surface area contributed by atoms with Crippen molar-refractivity contribution in [1.29, 1.82) is 0 Å². The molecule has 0 atom stereocenters. The molecule has 0 heterocycles. The predicted molar refractivity (Wildman–Crippen MR) is 58.5 cm³/mol. The average molecular weight is 281 g/mol. The van der Waals surface area contributed by atoms with Crippen molar-refractivity contribution in [3.63, 3.8) is 0 Å². The number of hydrogen-bond donors (Lipinski definition) is 2. The maximum Gasteiger partial charge on any atom is 0.401 e. The molecule has 0 saturated heterocycles. The Bertz CT molecular complexity index is 410. The maximum atomic E-state index is 10.8. The summed E-state index contributed by atoms with van der Waals surface area (Å²) in [5.41, 5.74) is -1.05. The van der Waals surface area contributed by atoms with E-state index in [4.69, 9.17) is 26.9 Å². The number of hydrogen-bond acceptors (Lipinski definition) is 4. The molecule has 92 valence electrons. The van der Waals surface area contributed by atoms with Crippen LogP contribution in [0.4, 0.5) is 4.79 Å². The first-order chi connectivity index (χ1) is 7.88. The molecule has 17 heavy (non-hydrogen) atoms. The zero-order valence-corrected chi connectivity index (χ0v) is 9.60. The van der Waals surface area contributed by atoms with E-state index in [0.717, 1.165) is 0 Å². The van der Waals surface area contributed by atoms with Gasteiger partial charge in [0.25, 0.3) is 0 Å². The molecule has 0 aliphatic heterocycles. The molecule has 0 radical (unpaired) electrons. The third-order valence-corrected chi connectivity index (χ3v) is 1.58. The summed E-state index contributed by atoms with van der Waals surface area (Å²) in [4.78, 5) is 30.0. The second-order valence-electron chi connectivity index (χ2n) is 2.50. The minimum atomic E-state index is -1.36. The summed E-state index contributed by atoms with van der Waals surface area (Å²) in [6, 6.07) is 5.25. The van der Waals surface area contributed by atoms with Gasteiger partial charge in [0.1, 0.15) is 11.9 Å². The van der Waals surface area contributed by atoms with Crippen molar-refractivity contribution in [2.75, 3.05) is 0 Å². The third-order valence-electron chi connectivity index (χ3n) is 1.44. The summed E-state index contributed by atoms with van der Waals surface area (Å²) in [5, 5.41) is 15.7. The Kier molecular flexibility index (Phi) is 6.69. The van der Waals surface area contributed by atoms with Crippen molar-refractivity contribution in [3.05, 3.63) is 35.4 Å². The molecule has 0 aliphatic carbocycles. The van der Waals surface area contributed by atoms with Crippen LogP contribution >= 0.6 is 23.5 Å². The largest absolute Gasteiger partial charge is 0.478 e. The lowest BCUT2D eigenvalue weighted by Gasteiger charge is -1.96. The van der Waals surface area contributed by atoms with Gasteiger partial charge in [0, 0.05) is 11.6 Å². The van der Waals surface area contributed by atoms with Gasteiger partial charge in [0.05, 0.1) is 11.1 Å². The van der Waals surface area contributed by atoms with Gasteiger partial charge in [0.15, 0.2) is 0 Å². The fourth-order valence-corrected chi connectivity index (χ4v) is 0.883. The van der Waals surface area contributed by atoms with Gasteiger partial charge in [0.2, 0.25) is 0 Å². The Balaban J connectivity index is 0.000000557. The van der Waals surface area contributed by atoms with E-state index in [-0.39, 0.29) is 11.1 Å². The quantitative estimate of drug-likeness (QED) is 0.808. The normalized spacial score (nSPS) is 8.59. The van der Waals surface area contributed by atoms with E-state index in [1.165, 1.54) is 24.3 Å². The topological polar surface area (TPSA) is 101 Å². The summed E-state index contributed by atoms with van der Waals surface area (Å²) in [7, 11) is 0. The highest BCUT2D eigenvalue weighted by Crippen LogP contribution is 2.06. The standard InChI is InChI=1S/C8H5ClO4.CHClO2/c9-13-8(12)6-3-1-5(2-4-6)7(10)11;2-1(3)4/h1-4H,(H,10,11);(H,3,4). The lowest BCUT2D eigenvalue weighted by atomic mass is 10.1. The van der Waals surface area contributed by atoms with Gasteiger partial charge in [-0.15, -0.1) is 0 Å². The molecule has 0 bridgehead atoms. The zero-order chi connectivity index (χ0) is 13.4. The van der Waals surface area contributed by atoms with E-state index < -0.39 is 17.4 Å². The number of aromatic carboxylic acids is 1. The van der Waals surface area contributed by atoms with Gasteiger partial charge >= 0.3 is 17.4 Å². The minimum absolute atomic E-state index is 0.103. The molecule has 0 unspecified atom stereocenters. The van der Waals surface area contributed by atoms with Crippen molar-refractivity contribution in [1.82, 2.24) is 0 Å². The molecule has 0 fully saturated rings. The number of halogens is 2. The Hall–Kier alpha value is -1.79. The second kappa shape index (κ2) is 7.48. The van der Waals surface area contributed by atoms with Gasteiger partial charge in [-0.3, -0.25) is 0 Å². The molecule has 0 saturated carbocycles. The Morgan fingerprint density at radius 3 is 1.65 bits per heavy atom. The van der Waals surface area contributed by atoms with Crippen LogP contribution in [-0.4, -0.2) is 27.6 Å². The monoisotopic (exact) mass is 280 g/mol. The van der Waals surface area contributed by atoms with Crippen LogP contribution in [0.1, 0.15) is 20.7 Å². The fourth-order valence-electron chi connectivity index (χ4n) is 0.793. The van der Waals surface area contributed by atoms with Crippen molar-refractivity contribution in [3.8, 4) is 0 Å². The van der Waals surface area contributed by atoms with E-state index in [1.807, 2.05) is 0 Å².